The van der Waals surface area contributed by atoms with Gasteiger partial charge in [-0.1, -0.05) is 37.6 Å². The smallest absolute Gasteiger partial charge is 0.226 e. The summed E-state index contributed by atoms with van der Waals surface area (Å²) in [6, 6.07) is 9.25. The van der Waals surface area contributed by atoms with Gasteiger partial charge in [0.05, 0.1) is 6.33 Å². The normalized spacial score (nSPS) is 21.5. The van der Waals surface area contributed by atoms with Gasteiger partial charge in [-0.15, -0.1) is 0 Å². The molecule has 1 saturated heterocycles. The number of fused-ring (bicyclic) bond motifs is 1. The monoisotopic (exact) mass is 446 g/mol. The van der Waals surface area contributed by atoms with Crippen LogP contribution >= 0.6 is 23.2 Å². The largest absolute Gasteiger partial charge is 0.349 e. The molecular weight excluding hydrogens is 419 g/mol. The van der Waals surface area contributed by atoms with Crippen molar-refractivity contribution in [2.75, 3.05) is 18.0 Å². The number of anilines is 1. The fourth-order valence-corrected chi connectivity index (χ4v) is 4.76. The molecule has 0 amide bonds. The lowest BCUT2D eigenvalue weighted by Crippen LogP contribution is -2.57. The minimum atomic E-state index is 0.239. The zero-order valence-electron chi connectivity index (χ0n) is 17.8. The van der Waals surface area contributed by atoms with E-state index in [1.165, 1.54) is 5.56 Å². The first-order valence-electron chi connectivity index (χ1n) is 10.5. The first-order chi connectivity index (χ1) is 14.3. The third-order valence-electron chi connectivity index (χ3n) is 5.89. The Kier molecular flexibility index (Phi) is 6.19. The number of benzene rings is 1. The van der Waals surface area contributed by atoms with Crippen molar-refractivity contribution in [1.29, 1.82) is 0 Å². The lowest BCUT2D eigenvalue weighted by molar-refractivity contribution is 0.0960. The Labute approximate surface area is 187 Å². The van der Waals surface area contributed by atoms with E-state index >= 15 is 0 Å². The number of halogens is 2. The van der Waals surface area contributed by atoms with Crippen molar-refractivity contribution in [2.45, 2.75) is 52.2 Å². The topological polar surface area (TPSA) is 60.9 Å². The summed E-state index contributed by atoms with van der Waals surface area (Å²) in [4.78, 5) is 21.2. The third kappa shape index (κ3) is 4.27. The minimum Gasteiger partial charge on any atom is -0.349 e. The van der Waals surface area contributed by atoms with E-state index in [9.17, 15) is 0 Å². The van der Waals surface area contributed by atoms with Crippen molar-refractivity contribution in [3.63, 3.8) is 0 Å². The maximum absolute atomic E-state index is 6.20. The van der Waals surface area contributed by atoms with E-state index < -0.39 is 0 Å². The fraction of sp³-hybridized carbons (Fsp3) is 0.500. The molecule has 1 N–H and O–H groups in total. The van der Waals surface area contributed by atoms with Crippen LogP contribution < -0.4 is 4.90 Å². The molecule has 6 nitrogen and oxygen atoms in total. The van der Waals surface area contributed by atoms with Crippen LogP contribution in [0.5, 0.6) is 0 Å². The molecule has 30 heavy (non-hydrogen) atoms. The van der Waals surface area contributed by atoms with E-state index in [1.807, 2.05) is 12.1 Å². The minimum absolute atomic E-state index is 0.239. The van der Waals surface area contributed by atoms with Crippen molar-refractivity contribution in [2.24, 2.45) is 5.92 Å². The maximum atomic E-state index is 6.20. The Bertz CT molecular complexity index is 1000. The van der Waals surface area contributed by atoms with Crippen molar-refractivity contribution in [3.8, 4) is 0 Å². The van der Waals surface area contributed by atoms with Gasteiger partial charge in [0.25, 0.3) is 0 Å². The Hall–Kier alpha value is -1.89. The van der Waals surface area contributed by atoms with Crippen LogP contribution in [0.15, 0.2) is 30.6 Å². The average molecular weight is 447 g/mol. The summed E-state index contributed by atoms with van der Waals surface area (Å²) in [5, 5.41) is 1.01. The van der Waals surface area contributed by atoms with Crippen LogP contribution in [0.3, 0.4) is 0 Å². The van der Waals surface area contributed by atoms with Gasteiger partial charge in [0, 0.05) is 36.2 Å². The maximum Gasteiger partial charge on any atom is 0.226 e. The fourth-order valence-electron chi connectivity index (χ4n) is 4.47. The summed E-state index contributed by atoms with van der Waals surface area (Å²) in [5.74, 6) is 1.40. The van der Waals surface area contributed by atoms with Gasteiger partial charge in [0.1, 0.15) is 0 Å². The summed E-state index contributed by atoms with van der Waals surface area (Å²) in [6.07, 6.45) is 2.74. The number of piperazine rings is 1. The van der Waals surface area contributed by atoms with Crippen LogP contribution in [0.1, 0.15) is 45.7 Å². The molecule has 160 valence electrons. The highest BCUT2D eigenvalue weighted by molar-refractivity contribution is 6.30. The molecule has 8 heteroatoms. The molecule has 2 aromatic heterocycles. The number of rotatable bonds is 5. The summed E-state index contributed by atoms with van der Waals surface area (Å²) < 4.78 is 0. The molecule has 3 heterocycles. The molecule has 1 fully saturated rings. The van der Waals surface area contributed by atoms with E-state index in [-0.39, 0.29) is 11.3 Å². The van der Waals surface area contributed by atoms with Crippen LogP contribution in [-0.4, -0.2) is 50.0 Å². The molecule has 3 atom stereocenters. The van der Waals surface area contributed by atoms with Gasteiger partial charge in [-0.25, -0.2) is 4.98 Å². The zero-order valence-corrected chi connectivity index (χ0v) is 19.3. The summed E-state index contributed by atoms with van der Waals surface area (Å²) >= 11 is 12.3. The number of aromatic amines is 1. The Morgan fingerprint density at radius 1 is 1.07 bits per heavy atom. The first kappa shape index (κ1) is 21.3. The number of H-pyrrole nitrogens is 1. The van der Waals surface area contributed by atoms with E-state index in [1.54, 1.807) is 6.33 Å². The predicted molar refractivity (Wildman–Crippen MR) is 123 cm³/mol. The van der Waals surface area contributed by atoms with Gasteiger partial charge in [0.2, 0.25) is 5.28 Å². The Morgan fingerprint density at radius 2 is 1.80 bits per heavy atom. The van der Waals surface area contributed by atoms with Gasteiger partial charge >= 0.3 is 0 Å². The number of aromatic nitrogens is 4. The van der Waals surface area contributed by atoms with Crippen molar-refractivity contribution < 1.29 is 0 Å². The molecule has 0 spiro atoms. The van der Waals surface area contributed by atoms with Gasteiger partial charge in [-0.2, -0.15) is 9.97 Å². The number of hydrogen-bond acceptors (Lipinski definition) is 5. The number of nitrogens with zero attached hydrogens (tertiary/aromatic N) is 5. The van der Waals surface area contributed by atoms with Crippen LogP contribution in [-0.2, 0) is 0 Å². The lowest BCUT2D eigenvalue weighted by atomic mass is 9.92. The van der Waals surface area contributed by atoms with Crippen molar-refractivity contribution in [1.82, 2.24) is 24.8 Å². The summed E-state index contributed by atoms with van der Waals surface area (Å²) in [7, 11) is 0. The molecule has 3 aromatic rings. The highest BCUT2D eigenvalue weighted by Gasteiger charge is 2.36. The van der Waals surface area contributed by atoms with Crippen molar-refractivity contribution >= 4 is 40.2 Å². The second kappa shape index (κ2) is 8.69. The molecule has 0 aliphatic carbocycles. The van der Waals surface area contributed by atoms with E-state index in [0.29, 0.717) is 23.6 Å². The Morgan fingerprint density at radius 3 is 2.50 bits per heavy atom. The highest BCUT2D eigenvalue weighted by atomic mass is 35.5. The molecule has 0 radical (unpaired) electrons. The van der Waals surface area contributed by atoms with Crippen LogP contribution in [0, 0.1) is 5.92 Å². The lowest BCUT2D eigenvalue weighted by Gasteiger charge is -2.48. The van der Waals surface area contributed by atoms with E-state index in [0.717, 1.165) is 35.9 Å². The summed E-state index contributed by atoms with van der Waals surface area (Å²) in [5.41, 5.74) is 2.76. The molecule has 0 bridgehead atoms. The van der Waals surface area contributed by atoms with Crippen LogP contribution in [0.2, 0.25) is 10.3 Å². The number of nitrogens with one attached hydrogen (secondary N) is 1. The van der Waals surface area contributed by atoms with Gasteiger partial charge in [0.15, 0.2) is 17.0 Å². The van der Waals surface area contributed by atoms with Crippen LogP contribution in [0.25, 0.3) is 11.2 Å². The molecular formula is C22H28Cl2N6. The number of hydrogen-bond donors (Lipinski definition) is 1. The zero-order chi connectivity index (χ0) is 21.4. The first-order valence-corrected chi connectivity index (χ1v) is 11.2. The second-order valence-electron chi connectivity index (χ2n) is 8.66. The van der Waals surface area contributed by atoms with E-state index in [4.69, 9.17) is 23.2 Å². The standard InChI is InChI=1S/C22H28Cl2N6/c1-13(2)9-18(16-5-7-17(23)8-6-16)29-10-15(4)30(11-14(29)3)21-19-20(26-12-25-19)27-22(24)28-21/h5-8,12-15,18H,9-11H2,1-4H3,(H,25,26,27,28)/t14-,15+,18?/m1/s1. The molecule has 0 saturated carbocycles. The quantitative estimate of drug-likeness (QED) is 0.535. The molecule has 1 aromatic carbocycles. The van der Waals surface area contributed by atoms with Crippen LogP contribution in [0.4, 0.5) is 5.82 Å². The third-order valence-corrected chi connectivity index (χ3v) is 6.31. The van der Waals surface area contributed by atoms with Gasteiger partial charge in [-0.3, -0.25) is 4.90 Å². The average Bonchev–Trinajstić information content (AvgIpc) is 3.16. The SMILES string of the molecule is CC(C)CC(c1ccc(Cl)cc1)N1C[C@H](C)N(c2nc(Cl)nc3[nH]cnc23)C[C@H]1C. The van der Waals surface area contributed by atoms with E-state index in [2.05, 4.69) is 69.6 Å². The molecule has 1 aliphatic heterocycles. The summed E-state index contributed by atoms with van der Waals surface area (Å²) in [6.45, 7) is 10.9. The van der Waals surface area contributed by atoms with Gasteiger partial charge in [-0.05, 0) is 55.5 Å². The highest BCUT2D eigenvalue weighted by Crippen LogP contribution is 2.35. The molecule has 1 unspecified atom stereocenters. The second-order valence-corrected chi connectivity index (χ2v) is 9.43. The van der Waals surface area contributed by atoms with Gasteiger partial charge < -0.3 is 9.88 Å². The predicted octanol–water partition coefficient (Wildman–Crippen LogP) is 5.35. The molecule has 1 aliphatic rings. The van der Waals surface area contributed by atoms with Crippen molar-refractivity contribution in [3.05, 3.63) is 46.5 Å². The Balaban J connectivity index is 1.63. The number of imidazole rings is 1. The molecule has 4 rings (SSSR count).